The number of benzene rings is 1. The number of methoxy groups -OCH3 is 1. The van der Waals surface area contributed by atoms with Crippen molar-refractivity contribution < 1.29 is 9.84 Å². The summed E-state index contributed by atoms with van der Waals surface area (Å²) in [6.45, 7) is 3.10. The zero-order chi connectivity index (χ0) is 12.3. The maximum absolute atomic E-state index is 10.3. The summed E-state index contributed by atoms with van der Waals surface area (Å²) in [6.07, 6.45) is 2.69. The van der Waals surface area contributed by atoms with E-state index < -0.39 is 6.10 Å². The van der Waals surface area contributed by atoms with Gasteiger partial charge in [-0.25, -0.2) is 0 Å². The molecule has 94 valence electrons. The molecule has 3 nitrogen and oxygen atoms in total. The quantitative estimate of drug-likeness (QED) is 0.840. The fraction of sp³-hybridized carbons (Fsp3) is 0.571. The van der Waals surface area contributed by atoms with Crippen LogP contribution in [0.4, 0.5) is 0 Å². The van der Waals surface area contributed by atoms with Gasteiger partial charge < -0.3 is 15.2 Å². The molecule has 0 spiro atoms. The fourth-order valence-electron chi connectivity index (χ4n) is 2.47. The summed E-state index contributed by atoms with van der Waals surface area (Å²) in [6, 6.07) is 6.38. The van der Waals surface area contributed by atoms with Crippen molar-refractivity contribution in [3.8, 4) is 5.75 Å². The lowest BCUT2D eigenvalue weighted by molar-refractivity contribution is 0.151. The highest BCUT2D eigenvalue weighted by Crippen LogP contribution is 2.30. The Labute approximate surface area is 103 Å². The van der Waals surface area contributed by atoms with Crippen molar-refractivity contribution in [3.05, 3.63) is 29.3 Å². The van der Waals surface area contributed by atoms with Gasteiger partial charge in [-0.15, -0.1) is 0 Å². The molecule has 0 radical (unpaired) electrons. The molecule has 0 saturated carbocycles. The van der Waals surface area contributed by atoms with Crippen LogP contribution in [0.15, 0.2) is 18.2 Å². The van der Waals surface area contributed by atoms with E-state index in [-0.39, 0.29) is 0 Å². The zero-order valence-corrected chi connectivity index (χ0v) is 10.6. The highest BCUT2D eigenvalue weighted by molar-refractivity contribution is 5.38. The minimum absolute atomic E-state index is 0.440. The van der Waals surface area contributed by atoms with Crippen molar-refractivity contribution in [2.75, 3.05) is 13.7 Å². The predicted molar refractivity (Wildman–Crippen MR) is 68.3 cm³/mol. The molecule has 17 heavy (non-hydrogen) atoms. The molecule has 2 N–H and O–H groups in total. The van der Waals surface area contributed by atoms with E-state index in [1.807, 2.05) is 25.1 Å². The number of rotatable bonds is 4. The molecular weight excluding hydrogens is 214 g/mol. The largest absolute Gasteiger partial charge is 0.496 e. The minimum Gasteiger partial charge on any atom is -0.496 e. The number of ether oxygens (including phenoxy) is 1. The first-order chi connectivity index (χ1) is 8.20. The summed E-state index contributed by atoms with van der Waals surface area (Å²) in [5.74, 6) is 0.779. The Kier molecular flexibility index (Phi) is 4.02. The standard InChI is InChI=1S/C14H21NO2/c1-10-5-6-14(17-2)12(8-10)13(16)9-11-4-3-7-15-11/h5-6,8,11,13,15-16H,3-4,7,9H2,1-2H3. The average Bonchev–Trinajstić information content (AvgIpc) is 2.81. The van der Waals surface area contributed by atoms with Gasteiger partial charge in [0.1, 0.15) is 5.75 Å². The lowest BCUT2D eigenvalue weighted by Gasteiger charge is -2.19. The van der Waals surface area contributed by atoms with E-state index in [2.05, 4.69) is 5.32 Å². The molecule has 1 aliphatic heterocycles. The van der Waals surface area contributed by atoms with Gasteiger partial charge >= 0.3 is 0 Å². The van der Waals surface area contributed by atoms with Crippen LogP contribution in [0.1, 0.15) is 36.5 Å². The number of nitrogens with one attached hydrogen (secondary N) is 1. The van der Waals surface area contributed by atoms with Gasteiger partial charge in [-0.3, -0.25) is 0 Å². The molecular formula is C14H21NO2. The fourth-order valence-corrected chi connectivity index (χ4v) is 2.47. The highest BCUT2D eigenvalue weighted by Gasteiger charge is 2.21. The molecule has 1 aliphatic rings. The molecule has 2 rings (SSSR count). The van der Waals surface area contributed by atoms with E-state index in [1.54, 1.807) is 7.11 Å². The Bertz CT molecular complexity index is 372. The summed E-state index contributed by atoms with van der Waals surface area (Å²) in [5.41, 5.74) is 2.06. The SMILES string of the molecule is COc1ccc(C)cc1C(O)CC1CCCN1. The molecule has 0 aromatic heterocycles. The van der Waals surface area contributed by atoms with Gasteiger partial charge in [0.15, 0.2) is 0 Å². The van der Waals surface area contributed by atoms with Gasteiger partial charge in [0.05, 0.1) is 13.2 Å². The Hall–Kier alpha value is -1.06. The van der Waals surface area contributed by atoms with Gasteiger partial charge in [-0.1, -0.05) is 11.6 Å². The predicted octanol–water partition coefficient (Wildman–Crippen LogP) is 2.18. The molecule has 0 bridgehead atoms. The van der Waals surface area contributed by atoms with Crippen LogP contribution >= 0.6 is 0 Å². The van der Waals surface area contributed by atoms with Gasteiger partial charge in [0.25, 0.3) is 0 Å². The first-order valence-electron chi connectivity index (χ1n) is 6.26. The van der Waals surface area contributed by atoms with Gasteiger partial charge in [0.2, 0.25) is 0 Å². The third-order valence-electron chi connectivity index (χ3n) is 3.41. The van der Waals surface area contributed by atoms with Crippen molar-refractivity contribution in [2.45, 2.75) is 38.3 Å². The topological polar surface area (TPSA) is 41.5 Å². The molecule has 2 atom stereocenters. The normalized spacial score (nSPS) is 21.5. The van der Waals surface area contributed by atoms with Crippen LogP contribution < -0.4 is 10.1 Å². The van der Waals surface area contributed by atoms with Gasteiger partial charge in [0, 0.05) is 11.6 Å². The molecule has 1 heterocycles. The number of hydrogen-bond donors (Lipinski definition) is 2. The zero-order valence-electron chi connectivity index (χ0n) is 10.6. The lowest BCUT2D eigenvalue weighted by Crippen LogP contribution is -2.23. The molecule has 1 aromatic rings. The number of hydrogen-bond acceptors (Lipinski definition) is 3. The van der Waals surface area contributed by atoms with Crippen molar-refractivity contribution in [3.63, 3.8) is 0 Å². The average molecular weight is 235 g/mol. The monoisotopic (exact) mass is 235 g/mol. The van der Waals surface area contributed by atoms with Crippen LogP contribution in [-0.4, -0.2) is 24.8 Å². The first-order valence-corrected chi connectivity index (χ1v) is 6.26. The molecule has 0 amide bonds. The van der Waals surface area contributed by atoms with E-state index in [9.17, 15) is 5.11 Å². The van der Waals surface area contributed by atoms with Crippen molar-refractivity contribution in [1.29, 1.82) is 0 Å². The summed E-state index contributed by atoms with van der Waals surface area (Å²) < 4.78 is 5.31. The smallest absolute Gasteiger partial charge is 0.124 e. The summed E-state index contributed by atoms with van der Waals surface area (Å²) in [5, 5.41) is 13.7. The molecule has 0 aliphatic carbocycles. The molecule has 1 aromatic carbocycles. The van der Waals surface area contributed by atoms with Crippen LogP contribution in [0.5, 0.6) is 5.75 Å². The summed E-state index contributed by atoms with van der Waals surface area (Å²) >= 11 is 0. The second-order valence-corrected chi connectivity index (χ2v) is 4.79. The number of aliphatic hydroxyl groups is 1. The Morgan fingerprint density at radius 1 is 1.53 bits per heavy atom. The van der Waals surface area contributed by atoms with Crippen LogP contribution in [-0.2, 0) is 0 Å². The number of aryl methyl sites for hydroxylation is 1. The van der Waals surface area contributed by atoms with Crippen molar-refractivity contribution in [2.24, 2.45) is 0 Å². The van der Waals surface area contributed by atoms with Crippen LogP contribution in [0.25, 0.3) is 0 Å². The van der Waals surface area contributed by atoms with Gasteiger partial charge in [-0.05, 0) is 44.9 Å². The van der Waals surface area contributed by atoms with Crippen LogP contribution in [0.2, 0.25) is 0 Å². The van der Waals surface area contributed by atoms with E-state index in [4.69, 9.17) is 4.74 Å². The third kappa shape index (κ3) is 2.99. The maximum atomic E-state index is 10.3. The Morgan fingerprint density at radius 3 is 3.00 bits per heavy atom. The molecule has 1 saturated heterocycles. The maximum Gasteiger partial charge on any atom is 0.124 e. The summed E-state index contributed by atoms with van der Waals surface area (Å²) in [7, 11) is 1.65. The van der Waals surface area contributed by atoms with Crippen molar-refractivity contribution in [1.82, 2.24) is 5.32 Å². The molecule has 3 heteroatoms. The third-order valence-corrected chi connectivity index (χ3v) is 3.41. The Balaban J connectivity index is 2.11. The second-order valence-electron chi connectivity index (χ2n) is 4.79. The second kappa shape index (κ2) is 5.52. The van der Waals surface area contributed by atoms with E-state index in [0.29, 0.717) is 6.04 Å². The van der Waals surface area contributed by atoms with Crippen LogP contribution in [0, 0.1) is 6.92 Å². The number of aliphatic hydroxyl groups excluding tert-OH is 1. The minimum atomic E-state index is -0.444. The Morgan fingerprint density at radius 2 is 2.35 bits per heavy atom. The molecule has 2 unspecified atom stereocenters. The van der Waals surface area contributed by atoms with Crippen molar-refractivity contribution >= 4 is 0 Å². The van der Waals surface area contributed by atoms with E-state index in [0.717, 1.165) is 36.3 Å². The molecule has 1 fully saturated rings. The highest BCUT2D eigenvalue weighted by atomic mass is 16.5. The first kappa shape index (κ1) is 12.4. The van der Waals surface area contributed by atoms with Gasteiger partial charge in [-0.2, -0.15) is 0 Å². The van der Waals surface area contributed by atoms with Crippen LogP contribution in [0.3, 0.4) is 0 Å². The summed E-state index contributed by atoms with van der Waals surface area (Å²) in [4.78, 5) is 0. The lowest BCUT2D eigenvalue weighted by atomic mass is 9.99. The van der Waals surface area contributed by atoms with E-state index in [1.165, 1.54) is 6.42 Å². The van der Waals surface area contributed by atoms with E-state index >= 15 is 0 Å².